The van der Waals surface area contributed by atoms with Crippen molar-refractivity contribution in [2.24, 2.45) is 0 Å². The number of nitrogens with zero attached hydrogens (tertiary/aromatic N) is 2. The second-order valence-corrected chi connectivity index (χ2v) is 14.1. The normalized spacial score (nSPS) is 11.7. The summed E-state index contributed by atoms with van der Waals surface area (Å²) >= 11 is 0. The molecule has 0 aromatic heterocycles. The highest BCUT2D eigenvalue weighted by Gasteiger charge is 2.18. The van der Waals surface area contributed by atoms with Crippen LogP contribution in [0.4, 0.5) is 0 Å². The van der Waals surface area contributed by atoms with Crippen LogP contribution in [-0.4, -0.2) is 10.7 Å². The minimum atomic E-state index is 0.961. The lowest BCUT2D eigenvalue weighted by Gasteiger charge is -2.20. The lowest BCUT2D eigenvalue weighted by atomic mass is 9.83. The van der Waals surface area contributed by atoms with Crippen molar-refractivity contribution in [3.8, 4) is 0 Å². The predicted molar refractivity (Wildman–Crippen MR) is 208 cm³/mol. The Bertz CT molecular complexity index is 1210. The molecule has 2 aromatic rings. The van der Waals surface area contributed by atoms with Crippen molar-refractivity contribution in [1.82, 2.24) is 0 Å². The second-order valence-electron chi connectivity index (χ2n) is 14.1. The Kier molecular flexibility index (Phi) is 21.9. The van der Waals surface area contributed by atoms with Crippen LogP contribution in [-0.2, 0) is 25.7 Å². The van der Waals surface area contributed by atoms with Crippen LogP contribution in [0, 0.1) is 0 Å². The van der Waals surface area contributed by atoms with Gasteiger partial charge in [0.25, 0.3) is 0 Å². The molecule has 0 aliphatic rings. The number of aryl methyl sites for hydroxylation is 4. The van der Waals surface area contributed by atoms with E-state index in [9.17, 15) is 5.53 Å². The summed E-state index contributed by atoms with van der Waals surface area (Å²) in [6.07, 6.45) is 28.2. The monoisotopic (exact) mass is 639 g/mol. The van der Waals surface area contributed by atoms with E-state index in [1.807, 2.05) is 0 Å². The highest BCUT2D eigenvalue weighted by Crippen LogP contribution is 2.36. The van der Waals surface area contributed by atoms with Crippen LogP contribution >= 0.6 is 0 Å². The Balaban J connectivity index is 2.83. The number of benzene rings is 2. The quantitative estimate of drug-likeness (QED) is 0.0323. The molecule has 0 saturated heterocycles. The molecule has 2 aromatic carbocycles. The molecule has 0 unspecified atom stereocenters. The molecule has 0 atom stereocenters. The minimum absolute atomic E-state index is 0.961. The summed E-state index contributed by atoms with van der Waals surface area (Å²) in [5.41, 5.74) is 21.9. The first-order valence-corrected chi connectivity index (χ1v) is 19.9. The minimum Gasteiger partial charge on any atom is -0.348 e. The van der Waals surface area contributed by atoms with Gasteiger partial charge in [-0.1, -0.05) is 154 Å². The zero-order chi connectivity index (χ0) is 34.1. The van der Waals surface area contributed by atoms with Crippen molar-refractivity contribution in [2.45, 2.75) is 189 Å². The molecule has 0 radical (unpaired) electrons. The first kappa shape index (κ1) is 40.5. The average molecular weight is 639 g/mol. The van der Waals surface area contributed by atoms with E-state index in [4.69, 9.17) is 0 Å². The zero-order valence-corrected chi connectivity index (χ0v) is 31.6. The van der Waals surface area contributed by atoms with Crippen LogP contribution in [0.1, 0.15) is 197 Å². The van der Waals surface area contributed by atoms with Crippen molar-refractivity contribution in [1.29, 1.82) is 0 Å². The van der Waals surface area contributed by atoms with Gasteiger partial charge in [-0.2, -0.15) is 0 Å². The average Bonchev–Trinajstić information content (AvgIpc) is 3.07. The van der Waals surface area contributed by atoms with E-state index in [2.05, 4.69) is 88.6 Å². The summed E-state index contributed by atoms with van der Waals surface area (Å²) in [5.74, 6) is 2.99. The van der Waals surface area contributed by atoms with Crippen molar-refractivity contribution in [2.75, 3.05) is 0 Å². The third kappa shape index (κ3) is 15.9. The number of hydrogen-bond donors (Lipinski definition) is 0. The van der Waals surface area contributed by atoms with E-state index in [0.717, 1.165) is 44.1 Å². The largest absolute Gasteiger partial charge is 0.348 e. The topological polar surface area (TPSA) is 36.4 Å². The summed E-state index contributed by atoms with van der Waals surface area (Å²) < 4.78 is 0. The maximum absolute atomic E-state index is 9.70. The molecule has 2 heteroatoms. The van der Waals surface area contributed by atoms with E-state index >= 15 is 0 Å². The van der Waals surface area contributed by atoms with E-state index in [1.54, 1.807) is 0 Å². The molecule has 0 spiro atoms. The van der Waals surface area contributed by atoms with Crippen LogP contribution in [0.25, 0.3) is 11.1 Å². The molecule has 0 aliphatic carbocycles. The maximum Gasteiger partial charge on any atom is 0.303 e. The van der Waals surface area contributed by atoms with Gasteiger partial charge in [0.2, 0.25) is 0 Å². The van der Waals surface area contributed by atoms with Gasteiger partial charge in [-0.15, -0.1) is 4.79 Å². The molecule has 0 aliphatic heterocycles. The van der Waals surface area contributed by atoms with Gasteiger partial charge in [0.05, 0.1) is 5.57 Å². The summed E-state index contributed by atoms with van der Waals surface area (Å²) in [7, 11) is 0. The van der Waals surface area contributed by atoms with Gasteiger partial charge >= 0.3 is 5.87 Å². The Morgan fingerprint density at radius 3 is 1.26 bits per heavy atom. The van der Waals surface area contributed by atoms with Gasteiger partial charge < -0.3 is 5.53 Å². The molecule has 0 fully saturated rings. The molecule has 0 bridgehead atoms. The Morgan fingerprint density at radius 2 is 0.851 bits per heavy atom. The lowest BCUT2D eigenvalue weighted by Crippen LogP contribution is -2.03. The molecule has 0 N–H and O–H groups in total. The number of rotatable bonds is 26. The Labute approximate surface area is 291 Å². The van der Waals surface area contributed by atoms with Crippen molar-refractivity contribution >= 4 is 11.4 Å². The summed E-state index contributed by atoms with van der Waals surface area (Å²) in [6.45, 7) is 13.6. The third-order valence-electron chi connectivity index (χ3n) is 9.71. The Hall–Kier alpha value is -2.66. The highest BCUT2D eigenvalue weighted by atomic mass is 14.8. The van der Waals surface area contributed by atoms with Gasteiger partial charge in [-0.05, 0) is 116 Å². The van der Waals surface area contributed by atoms with Gasteiger partial charge in [-0.25, -0.2) is 0 Å². The predicted octanol–water partition coefficient (Wildman–Crippen LogP) is 14.0. The van der Waals surface area contributed by atoms with E-state index in [0.29, 0.717) is 0 Å². The second kappa shape index (κ2) is 25.4. The number of unbranched alkanes of at least 4 members (excludes halogenated alkanes) is 13. The first-order chi connectivity index (χ1) is 23.0. The van der Waals surface area contributed by atoms with Crippen LogP contribution < -0.4 is 0 Å². The van der Waals surface area contributed by atoms with Crippen LogP contribution in [0.2, 0.25) is 0 Å². The van der Waals surface area contributed by atoms with E-state index in [1.165, 1.54) is 154 Å². The van der Waals surface area contributed by atoms with Gasteiger partial charge in [0.1, 0.15) is 0 Å². The molecule has 0 amide bonds. The molecule has 260 valence electrons. The fraction of sp³-hybridized carbons (Fsp3) is 0.644. The zero-order valence-electron chi connectivity index (χ0n) is 31.6. The first-order valence-electron chi connectivity index (χ1n) is 19.9. The van der Waals surface area contributed by atoms with E-state index in [-0.39, 0.29) is 0 Å². The maximum atomic E-state index is 9.70. The van der Waals surface area contributed by atoms with Crippen molar-refractivity contribution in [3.63, 3.8) is 0 Å². The van der Waals surface area contributed by atoms with Crippen LogP contribution in [0.5, 0.6) is 0 Å². The molecule has 2 nitrogen and oxygen atoms in total. The molecule has 0 heterocycles. The smallest absolute Gasteiger partial charge is 0.303 e. The van der Waals surface area contributed by atoms with Crippen LogP contribution in [0.3, 0.4) is 0 Å². The van der Waals surface area contributed by atoms with Gasteiger partial charge in [0.15, 0.2) is 0 Å². The van der Waals surface area contributed by atoms with Crippen LogP contribution in [0.15, 0.2) is 47.5 Å². The standard InChI is InChI=1S/C45H70N2/c1-7-12-17-20-21-24-29-44(37(6)36-47-46)45(42-32-38(25-15-10-4)30-39(33-42)26-16-11-5)43-34-40(27-22-18-13-8-2)31-41(35-43)28-23-19-14-9-3/h30-35H,7-29H2,1-6H3. The summed E-state index contributed by atoms with van der Waals surface area (Å²) in [6, 6.07) is 15.0. The molecular weight excluding hydrogens is 569 g/mol. The fourth-order valence-electron chi connectivity index (χ4n) is 6.90. The van der Waals surface area contributed by atoms with E-state index < -0.39 is 0 Å². The molecule has 0 saturated carbocycles. The number of allylic oxidation sites excluding steroid dienone is 2. The third-order valence-corrected chi connectivity index (χ3v) is 9.71. The molecular formula is C45H70N2. The fourth-order valence-corrected chi connectivity index (χ4v) is 6.90. The van der Waals surface area contributed by atoms with Crippen molar-refractivity contribution < 1.29 is 4.79 Å². The lowest BCUT2D eigenvalue weighted by molar-refractivity contribution is 0.00752. The summed E-state index contributed by atoms with van der Waals surface area (Å²) in [4.78, 5) is 3.44. The number of hydrogen-bond acceptors (Lipinski definition) is 0. The van der Waals surface area contributed by atoms with Gasteiger partial charge in [-0.3, -0.25) is 0 Å². The van der Waals surface area contributed by atoms with Gasteiger partial charge in [0, 0.05) is 0 Å². The van der Waals surface area contributed by atoms with Crippen molar-refractivity contribution in [3.05, 3.63) is 86.5 Å². The summed E-state index contributed by atoms with van der Waals surface area (Å²) in [5, 5.41) is 0. The Morgan fingerprint density at radius 1 is 0.489 bits per heavy atom. The SMILES string of the molecule is CCCCCCCCC(C(C)=C=[N+]=[N-])=C(c1cc(CCCC)cc(CCCC)c1)c1cc(CCCCCC)cc(CCCCCC)c1. The molecule has 2 rings (SSSR count). The molecule has 47 heavy (non-hydrogen) atoms. The highest BCUT2D eigenvalue weighted by molar-refractivity contribution is 5.87.